The molecular weight excluding hydrogens is 400 g/mol. The van der Waals surface area contributed by atoms with Gasteiger partial charge in [0.05, 0.1) is 17.2 Å². The van der Waals surface area contributed by atoms with E-state index >= 15 is 0 Å². The Kier molecular flexibility index (Phi) is 6.74. The Morgan fingerprint density at radius 3 is 2.20 bits per heavy atom. The molecule has 0 spiro atoms. The van der Waals surface area contributed by atoms with Crippen molar-refractivity contribution >= 4 is 27.3 Å². The molecule has 156 valence electrons. The second-order valence-electron chi connectivity index (χ2n) is 6.62. The Labute approximate surface area is 177 Å². The van der Waals surface area contributed by atoms with Gasteiger partial charge < -0.3 is 10.1 Å². The van der Waals surface area contributed by atoms with E-state index in [0.29, 0.717) is 23.7 Å². The Morgan fingerprint density at radius 1 is 0.933 bits per heavy atom. The normalized spacial score (nSPS) is 11.0. The summed E-state index contributed by atoms with van der Waals surface area (Å²) in [5.41, 5.74) is 1.78. The molecule has 0 saturated heterocycles. The van der Waals surface area contributed by atoms with Crippen molar-refractivity contribution in [2.45, 2.75) is 18.7 Å². The quantitative estimate of drug-likeness (QED) is 0.587. The van der Waals surface area contributed by atoms with Crippen LogP contribution in [0, 0.1) is 6.92 Å². The maximum Gasteiger partial charge on any atom is 0.264 e. The lowest BCUT2D eigenvalue weighted by Crippen LogP contribution is -2.38. The molecule has 3 rings (SSSR count). The van der Waals surface area contributed by atoms with Crippen molar-refractivity contribution in [3.8, 4) is 5.75 Å². The lowest BCUT2D eigenvalue weighted by molar-refractivity contribution is -0.114. The van der Waals surface area contributed by atoms with Gasteiger partial charge in [-0.05, 0) is 61.9 Å². The van der Waals surface area contributed by atoms with Gasteiger partial charge in [0.25, 0.3) is 10.0 Å². The Morgan fingerprint density at radius 2 is 1.57 bits per heavy atom. The third-order valence-electron chi connectivity index (χ3n) is 4.45. The summed E-state index contributed by atoms with van der Waals surface area (Å²) in [7, 11) is -3.93. The maximum atomic E-state index is 13.3. The highest BCUT2D eigenvalue weighted by Gasteiger charge is 2.28. The summed E-state index contributed by atoms with van der Waals surface area (Å²) in [5, 5.41) is 2.75. The second kappa shape index (κ2) is 9.45. The molecule has 3 aromatic carbocycles. The van der Waals surface area contributed by atoms with Crippen LogP contribution in [-0.4, -0.2) is 27.5 Å². The predicted molar refractivity (Wildman–Crippen MR) is 118 cm³/mol. The molecule has 1 N–H and O–H groups in total. The monoisotopic (exact) mass is 424 g/mol. The zero-order valence-electron chi connectivity index (χ0n) is 16.9. The first kappa shape index (κ1) is 21.4. The van der Waals surface area contributed by atoms with E-state index in [1.54, 1.807) is 54.6 Å². The molecule has 0 aliphatic heterocycles. The molecule has 0 heterocycles. The Balaban J connectivity index is 1.88. The molecule has 3 aromatic rings. The summed E-state index contributed by atoms with van der Waals surface area (Å²) in [6, 6.07) is 22.1. The molecule has 0 radical (unpaired) electrons. The van der Waals surface area contributed by atoms with Crippen LogP contribution in [0.1, 0.15) is 12.5 Å². The van der Waals surface area contributed by atoms with Gasteiger partial charge in [0.1, 0.15) is 12.3 Å². The lowest BCUT2D eigenvalue weighted by Gasteiger charge is -2.25. The molecule has 30 heavy (non-hydrogen) atoms. The van der Waals surface area contributed by atoms with Gasteiger partial charge in [-0.1, -0.05) is 36.4 Å². The van der Waals surface area contributed by atoms with Gasteiger partial charge in [0.15, 0.2) is 0 Å². The standard InChI is InChI=1S/C23H24N2O4S/c1-3-29-20-15-13-19(14-16-20)24-23(26)17-25(22-12-8-7-9-18(22)2)30(27,28)21-10-5-4-6-11-21/h4-16H,3,17H2,1-2H3,(H,24,26). The van der Waals surface area contributed by atoms with Crippen LogP contribution in [0.2, 0.25) is 0 Å². The average Bonchev–Trinajstić information content (AvgIpc) is 2.75. The number of nitrogens with one attached hydrogen (secondary N) is 1. The van der Waals surface area contributed by atoms with Crippen LogP contribution in [0.25, 0.3) is 0 Å². The maximum absolute atomic E-state index is 13.3. The largest absolute Gasteiger partial charge is 0.494 e. The number of aryl methyl sites for hydroxylation is 1. The van der Waals surface area contributed by atoms with Crippen LogP contribution in [0.15, 0.2) is 83.8 Å². The van der Waals surface area contributed by atoms with Crippen LogP contribution in [0.4, 0.5) is 11.4 Å². The van der Waals surface area contributed by atoms with Crippen molar-refractivity contribution in [3.63, 3.8) is 0 Å². The average molecular weight is 425 g/mol. The number of benzene rings is 3. The summed E-state index contributed by atoms with van der Waals surface area (Å²) in [4.78, 5) is 12.9. The second-order valence-corrected chi connectivity index (χ2v) is 8.48. The zero-order valence-corrected chi connectivity index (χ0v) is 17.7. The minimum absolute atomic E-state index is 0.127. The molecular formula is C23H24N2O4S. The summed E-state index contributed by atoms with van der Waals surface area (Å²) in [6.07, 6.45) is 0. The van der Waals surface area contributed by atoms with Crippen LogP contribution in [0.3, 0.4) is 0 Å². The number of hydrogen-bond acceptors (Lipinski definition) is 4. The molecule has 0 aliphatic carbocycles. The van der Waals surface area contributed by atoms with E-state index in [-0.39, 0.29) is 11.4 Å². The molecule has 0 fully saturated rings. The first-order valence-corrected chi connectivity index (χ1v) is 11.0. The smallest absolute Gasteiger partial charge is 0.264 e. The van der Waals surface area contributed by atoms with E-state index in [2.05, 4.69) is 5.32 Å². The number of nitrogens with zero attached hydrogens (tertiary/aromatic N) is 1. The van der Waals surface area contributed by atoms with E-state index in [9.17, 15) is 13.2 Å². The predicted octanol–water partition coefficient (Wildman–Crippen LogP) is 4.23. The van der Waals surface area contributed by atoms with Crippen LogP contribution >= 0.6 is 0 Å². The molecule has 6 nitrogen and oxygen atoms in total. The third-order valence-corrected chi connectivity index (χ3v) is 6.23. The number of hydrogen-bond donors (Lipinski definition) is 1. The van der Waals surface area contributed by atoms with E-state index in [1.165, 1.54) is 12.1 Å². The third kappa shape index (κ3) is 4.99. The molecule has 0 atom stereocenters. The van der Waals surface area contributed by atoms with Crippen molar-refractivity contribution < 1.29 is 17.9 Å². The van der Waals surface area contributed by atoms with Gasteiger partial charge in [-0.2, -0.15) is 0 Å². The fourth-order valence-electron chi connectivity index (χ4n) is 2.99. The molecule has 0 unspecified atom stereocenters. The summed E-state index contributed by atoms with van der Waals surface area (Å²) < 4.78 is 33.2. The van der Waals surface area contributed by atoms with Crippen molar-refractivity contribution in [2.24, 2.45) is 0 Å². The Bertz CT molecular complexity index is 1100. The van der Waals surface area contributed by atoms with E-state index in [1.807, 2.05) is 26.0 Å². The number of sulfonamides is 1. The minimum atomic E-state index is -3.93. The first-order chi connectivity index (χ1) is 14.4. The van der Waals surface area contributed by atoms with Gasteiger partial charge in [0.2, 0.25) is 5.91 Å². The summed E-state index contributed by atoms with van der Waals surface area (Å²) in [5.74, 6) is 0.255. The number of rotatable bonds is 8. The Hall–Kier alpha value is -3.32. The number of carbonyl (C=O) groups is 1. The van der Waals surface area contributed by atoms with Crippen LogP contribution in [0.5, 0.6) is 5.75 Å². The number of ether oxygens (including phenoxy) is 1. The fourth-order valence-corrected chi connectivity index (χ4v) is 4.50. The van der Waals surface area contributed by atoms with Gasteiger partial charge in [-0.15, -0.1) is 0 Å². The van der Waals surface area contributed by atoms with Crippen LogP contribution in [-0.2, 0) is 14.8 Å². The van der Waals surface area contributed by atoms with Gasteiger partial charge in [-0.25, -0.2) is 8.42 Å². The van der Waals surface area contributed by atoms with Gasteiger partial charge in [0, 0.05) is 5.69 Å². The number of carbonyl (C=O) groups excluding carboxylic acids is 1. The fraction of sp³-hybridized carbons (Fsp3) is 0.174. The van der Waals surface area contributed by atoms with Gasteiger partial charge in [-0.3, -0.25) is 9.10 Å². The molecule has 0 bridgehead atoms. The van der Waals surface area contributed by atoms with E-state index < -0.39 is 15.9 Å². The van der Waals surface area contributed by atoms with Gasteiger partial charge >= 0.3 is 0 Å². The lowest BCUT2D eigenvalue weighted by atomic mass is 10.2. The summed E-state index contributed by atoms with van der Waals surface area (Å²) >= 11 is 0. The molecule has 0 saturated carbocycles. The SMILES string of the molecule is CCOc1ccc(NC(=O)CN(c2ccccc2C)S(=O)(=O)c2ccccc2)cc1. The zero-order chi connectivity index (χ0) is 21.6. The topological polar surface area (TPSA) is 75.7 Å². The van der Waals surface area contributed by atoms with Crippen LogP contribution < -0.4 is 14.4 Å². The highest BCUT2D eigenvalue weighted by molar-refractivity contribution is 7.92. The number of amides is 1. The molecule has 1 amide bonds. The highest BCUT2D eigenvalue weighted by atomic mass is 32.2. The number of para-hydroxylation sites is 1. The molecule has 0 aliphatic rings. The van der Waals surface area contributed by atoms with Crippen molar-refractivity contribution in [3.05, 3.63) is 84.4 Å². The van der Waals surface area contributed by atoms with E-state index in [4.69, 9.17) is 4.74 Å². The van der Waals surface area contributed by atoms with Crippen molar-refractivity contribution in [1.82, 2.24) is 0 Å². The summed E-state index contributed by atoms with van der Waals surface area (Å²) in [6.45, 7) is 3.90. The molecule has 0 aromatic heterocycles. The minimum Gasteiger partial charge on any atom is -0.494 e. The number of anilines is 2. The first-order valence-electron chi connectivity index (χ1n) is 9.58. The van der Waals surface area contributed by atoms with Crippen molar-refractivity contribution in [2.75, 3.05) is 22.8 Å². The molecule has 7 heteroatoms. The van der Waals surface area contributed by atoms with Crippen molar-refractivity contribution in [1.29, 1.82) is 0 Å². The highest BCUT2D eigenvalue weighted by Crippen LogP contribution is 2.26. The van der Waals surface area contributed by atoms with E-state index in [0.717, 1.165) is 9.87 Å².